The van der Waals surface area contributed by atoms with Gasteiger partial charge in [0.1, 0.15) is 0 Å². The van der Waals surface area contributed by atoms with E-state index >= 15 is 0 Å². The summed E-state index contributed by atoms with van der Waals surface area (Å²) in [6.07, 6.45) is 2.05. The molecule has 4 N–H and O–H groups in total. The summed E-state index contributed by atoms with van der Waals surface area (Å²) in [5.74, 6) is -0.0288. The van der Waals surface area contributed by atoms with Gasteiger partial charge in [-0.2, -0.15) is 4.72 Å². The second-order valence-electron chi connectivity index (χ2n) is 6.18. The number of sulfonamides is 1. The quantitative estimate of drug-likeness (QED) is 0.653. The standard InChI is InChI=1S/C15H22ClN3O3S.ClH/c1-10(14(20)18-15(2,9-17)11-3-4-11)19-23(21,22)13-7-5-12(16)6-8-13;/h5-8,10-11,19H,3-4,9,17H2,1-2H3,(H,18,20);1H. The first kappa shape index (κ1) is 21.2. The number of carbonyl (C=O) groups excluding carboxylic acids is 1. The van der Waals surface area contributed by atoms with Gasteiger partial charge in [0, 0.05) is 11.6 Å². The highest BCUT2D eigenvalue weighted by Gasteiger charge is 2.42. The zero-order valence-corrected chi connectivity index (χ0v) is 16.0. The highest BCUT2D eigenvalue weighted by atomic mass is 35.5. The van der Waals surface area contributed by atoms with Crippen molar-refractivity contribution in [2.45, 2.75) is 43.2 Å². The number of nitrogens with two attached hydrogens (primary N) is 1. The van der Waals surface area contributed by atoms with Gasteiger partial charge in [-0.15, -0.1) is 12.4 Å². The summed E-state index contributed by atoms with van der Waals surface area (Å²) in [5, 5.41) is 3.32. The van der Waals surface area contributed by atoms with Gasteiger partial charge in [0.05, 0.1) is 16.5 Å². The fourth-order valence-electron chi connectivity index (χ4n) is 2.40. The van der Waals surface area contributed by atoms with E-state index in [9.17, 15) is 13.2 Å². The van der Waals surface area contributed by atoms with Gasteiger partial charge < -0.3 is 11.1 Å². The molecule has 0 spiro atoms. The third kappa shape index (κ3) is 5.07. The van der Waals surface area contributed by atoms with Gasteiger partial charge >= 0.3 is 0 Å². The first-order chi connectivity index (χ1) is 10.7. The number of hydrogen-bond acceptors (Lipinski definition) is 4. The highest BCUT2D eigenvalue weighted by molar-refractivity contribution is 7.89. The van der Waals surface area contributed by atoms with E-state index < -0.39 is 21.6 Å². The van der Waals surface area contributed by atoms with Crippen molar-refractivity contribution in [2.24, 2.45) is 11.7 Å². The Hall–Kier alpha value is -0.860. The molecular formula is C15H23Cl2N3O3S. The van der Waals surface area contributed by atoms with Crippen LogP contribution >= 0.6 is 24.0 Å². The molecule has 2 rings (SSSR count). The Bertz CT molecular complexity index is 678. The van der Waals surface area contributed by atoms with Gasteiger partial charge in [-0.1, -0.05) is 11.6 Å². The normalized spacial score (nSPS) is 18.2. The molecule has 0 aromatic heterocycles. The lowest BCUT2D eigenvalue weighted by Crippen LogP contribution is -2.57. The van der Waals surface area contributed by atoms with E-state index in [-0.39, 0.29) is 23.2 Å². The minimum Gasteiger partial charge on any atom is -0.348 e. The van der Waals surface area contributed by atoms with Crippen LogP contribution in [0.15, 0.2) is 29.2 Å². The van der Waals surface area contributed by atoms with Crippen molar-refractivity contribution in [2.75, 3.05) is 6.54 Å². The first-order valence-corrected chi connectivity index (χ1v) is 9.34. The molecule has 0 heterocycles. The molecule has 1 saturated carbocycles. The number of benzene rings is 1. The van der Waals surface area contributed by atoms with Gasteiger partial charge in [0.25, 0.3) is 0 Å². The first-order valence-electron chi connectivity index (χ1n) is 7.48. The monoisotopic (exact) mass is 395 g/mol. The predicted octanol–water partition coefficient (Wildman–Crippen LogP) is 1.67. The van der Waals surface area contributed by atoms with Gasteiger partial charge in [-0.25, -0.2) is 8.42 Å². The lowest BCUT2D eigenvalue weighted by Gasteiger charge is -2.31. The molecule has 1 aliphatic carbocycles. The topological polar surface area (TPSA) is 101 Å². The molecule has 0 bridgehead atoms. The lowest BCUT2D eigenvalue weighted by atomic mass is 9.95. The molecule has 6 nitrogen and oxygen atoms in total. The van der Waals surface area contributed by atoms with Crippen molar-refractivity contribution < 1.29 is 13.2 Å². The molecule has 1 aromatic carbocycles. The van der Waals surface area contributed by atoms with Crippen molar-refractivity contribution in [1.82, 2.24) is 10.0 Å². The van der Waals surface area contributed by atoms with Gasteiger partial charge in [0.2, 0.25) is 15.9 Å². The van der Waals surface area contributed by atoms with Crippen LogP contribution in [0, 0.1) is 5.92 Å². The smallest absolute Gasteiger partial charge is 0.241 e. The van der Waals surface area contributed by atoms with Crippen molar-refractivity contribution in [3.63, 3.8) is 0 Å². The number of rotatable bonds is 7. The van der Waals surface area contributed by atoms with E-state index in [1.165, 1.54) is 31.2 Å². The molecule has 1 fully saturated rings. The molecule has 9 heteroatoms. The van der Waals surface area contributed by atoms with E-state index in [1.807, 2.05) is 6.92 Å². The minimum absolute atomic E-state index is 0. The Kier molecular flexibility index (Phi) is 7.07. The lowest BCUT2D eigenvalue weighted by molar-refractivity contribution is -0.124. The average Bonchev–Trinajstić information content (AvgIpc) is 3.32. The van der Waals surface area contributed by atoms with E-state index in [0.29, 0.717) is 17.5 Å². The second-order valence-corrected chi connectivity index (χ2v) is 8.33. The Morgan fingerprint density at radius 2 is 1.92 bits per heavy atom. The van der Waals surface area contributed by atoms with Crippen molar-refractivity contribution in [3.05, 3.63) is 29.3 Å². The number of nitrogens with one attached hydrogen (secondary N) is 2. The summed E-state index contributed by atoms with van der Waals surface area (Å²) in [6, 6.07) is 4.85. The number of hydrogen-bond donors (Lipinski definition) is 3. The van der Waals surface area contributed by atoms with Crippen LogP contribution in [0.25, 0.3) is 0 Å². The second kappa shape index (κ2) is 8.01. The molecule has 2 unspecified atom stereocenters. The molecule has 136 valence electrons. The summed E-state index contributed by atoms with van der Waals surface area (Å²) in [6.45, 7) is 3.72. The predicted molar refractivity (Wildman–Crippen MR) is 96.8 cm³/mol. The van der Waals surface area contributed by atoms with Crippen LogP contribution in [0.3, 0.4) is 0 Å². The molecular weight excluding hydrogens is 373 g/mol. The Morgan fingerprint density at radius 1 is 1.38 bits per heavy atom. The van der Waals surface area contributed by atoms with Crippen LogP contribution in [-0.2, 0) is 14.8 Å². The molecule has 24 heavy (non-hydrogen) atoms. The summed E-state index contributed by atoms with van der Waals surface area (Å²) < 4.78 is 26.9. The molecule has 0 aliphatic heterocycles. The van der Waals surface area contributed by atoms with Crippen LogP contribution in [0.2, 0.25) is 5.02 Å². The Labute approximate surface area is 154 Å². The zero-order valence-electron chi connectivity index (χ0n) is 13.6. The SMILES string of the molecule is CC(NS(=O)(=O)c1ccc(Cl)cc1)C(=O)NC(C)(CN)C1CC1.Cl. The van der Waals surface area contributed by atoms with E-state index in [2.05, 4.69) is 10.0 Å². The third-order valence-corrected chi connectivity index (χ3v) is 5.97. The Balaban J connectivity index is 0.00000288. The molecule has 0 saturated heterocycles. The fraction of sp³-hybridized carbons (Fsp3) is 0.533. The highest BCUT2D eigenvalue weighted by Crippen LogP contribution is 2.38. The van der Waals surface area contributed by atoms with E-state index in [1.54, 1.807) is 0 Å². The molecule has 0 radical (unpaired) electrons. The fourth-order valence-corrected chi connectivity index (χ4v) is 3.73. The maximum absolute atomic E-state index is 12.3. The van der Waals surface area contributed by atoms with Crippen LogP contribution < -0.4 is 15.8 Å². The van der Waals surface area contributed by atoms with Crippen LogP contribution in [0.4, 0.5) is 0 Å². The van der Waals surface area contributed by atoms with Crippen molar-refractivity contribution in [3.8, 4) is 0 Å². The number of carbonyl (C=O) groups is 1. The third-order valence-electron chi connectivity index (χ3n) is 4.16. The van der Waals surface area contributed by atoms with Gasteiger partial charge in [-0.3, -0.25) is 4.79 Å². The minimum atomic E-state index is -3.79. The van der Waals surface area contributed by atoms with Crippen LogP contribution in [0.5, 0.6) is 0 Å². The molecule has 1 aliphatic rings. The van der Waals surface area contributed by atoms with Crippen molar-refractivity contribution >= 4 is 39.9 Å². The summed E-state index contributed by atoms with van der Waals surface area (Å²) in [5.41, 5.74) is 5.27. The summed E-state index contributed by atoms with van der Waals surface area (Å²) >= 11 is 5.75. The Morgan fingerprint density at radius 3 is 2.38 bits per heavy atom. The average molecular weight is 396 g/mol. The number of amides is 1. The molecule has 2 atom stereocenters. The number of halogens is 2. The largest absolute Gasteiger partial charge is 0.348 e. The summed E-state index contributed by atoms with van der Waals surface area (Å²) in [7, 11) is -3.79. The molecule has 1 aromatic rings. The van der Waals surface area contributed by atoms with E-state index in [0.717, 1.165) is 12.8 Å². The van der Waals surface area contributed by atoms with Gasteiger partial charge in [0.15, 0.2) is 0 Å². The molecule has 1 amide bonds. The van der Waals surface area contributed by atoms with Crippen LogP contribution in [0.1, 0.15) is 26.7 Å². The maximum Gasteiger partial charge on any atom is 0.241 e. The summed E-state index contributed by atoms with van der Waals surface area (Å²) in [4.78, 5) is 12.4. The zero-order chi connectivity index (χ0) is 17.3. The van der Waals surface area contributed by atoms with Crippen LogP contribution in [-0.4, -0.2) is 32.5 Å². The van der Waals surface area contributed by atoms with Crippen molar-refractivity contribution in [1.29, 1.82) is 0 Å². The van der Waals surface area contributed by atoms with Gasteiger partial charge in [-0.05, 0) is 56.9 Å². The van der Waals surface area contributed by atoms with E-state index in [4.69, 9.17) is 17.3 Å². The maximum atomic E-state index is 12.3.